The number of halogens is 1. The first-order valence-corrected chi connectivity index (χ1v) is 11.3. The second-order valence-electron chi connectivity index (χ2n) is 6.96. The van der Waals surface area contributed by atoms with Crippen molar-refractivity contribution in [3.63, 3.8) is 0 Å². The molecule has 1 saturated heterocycles. The Labute approximate surface area is 173 Å². The fraction of sp³-hybridized carbons (Fsp3) is 0.944. The van der Waals surface area contributed by atoms with Gasteiger partial charge in [0.1, 0.15) is 0 Å². The molecule has 0 aromatic rings. The van der Waals surface area contributed by atoms with Crippen molar-refractivity contribution < 1.29 is 4.21 Å². The number of nitrogens with one attached hydrogen (secondary N) is 2. The predicted octanol–water partition coefficient (Wildman–Crippen LogP) is 2.73. The van der Waals surface area contributed by atoms with Gasteiger partial charge in [0.05, 0.1) is 6.54 Å². The van der Waals surface area contributed by atoms with Crippen molar-refractivity contribution in [2.24, 2.45) is 4.99 Å². The van der Waals surface area contributed by atoms with Crippen molar-refractivity contribution in [2.45, 2.75) is 70.1 Å². The second kappa shape index (κ2) is 13.3. The zero-order chi connectivity index (χ0) is 17.2. The summed E-state index contributed by atoms with van der Waals surface area (Å²) in [7, 11) is -0.668. The number of guanidine groups is 1. The molecule has 0 aromatic carbocycles. The van der Waals surface area contributed by atoms with E-state index in [-0.39, 0.29) is 24.0 Å². The van der Waals surface area contributed by atoms with Gasteiger partial charge in [0, 0.05) is 40.9 Å². The Balaban J connectivity index is 0.00000312. The van der Waals surface area contributed by atoms with Crippen molar-refractivity contribution in [1.29, 1.82) is 0 Å². The molecule has 7 heteroatoms. The Kier molecular flexibility index (Phi) is 12.3. The Hall–Kier alpha value is 0.110. The molecule has 0 bridgehead atoms. The zero-order valence-electron chi connectivity index (χ0n) is 16.0. The average molecular weight is 484 g/mol. The van der Waals surface area contributed by atoms with Crippen molar-refractivity contribution in [3.05, 3.63) is 0 Å². The third kappa shape index (κ3) is 8.56. The molecule has 148 valence electrons. The molecule has 1 aliphatic carbocycles. The van der Waals surface area contributed by atoms with Gasteiger partial charge in [-0.15, -0.1) is 24.0 Å². The number of piperidine rings is 1. The molecule has 0 amide bonds. The summed E-state index contributed by atoms with van der Waals surface area (Å²) in [5.41, 5.74) is 0. The van der Waals surface area contributed by atoms with Gasteiger partial charge in [0.2, 0.25) is 0 Å². The number of nitrogens with zero attached hydrogens (tertiary/aromatic N) is 2. The average Bonchev–Trinajstić information content (AvgIpc) is 2.62. The van der Waals surface area contributed by atoms with E-state index in [4.69, 9.17) is 4.99 Å². The lowest BCUT2D eigenvalue weighted by Gasteiger charge is -2.30. The van der Waals surface area contributed by atoms with E-state index in [1.807, 2.05) is 6.92 Å². The lowest BCUT2D eigenvalue weighted by Crippen LogP contribution is -2.47. The van der Waals surface area contributed by atoms with Crippen molar-refractivity contribution in [3.8, 4) is 0 Å². The Morgan fingerprint density at radius 2 is 1.92 bits per heavy atom. The summed E-state index contributed by atoms with van der Waals surface area (Å²) in [6, 6.07) is 0.409. The molecule has 5 nitrogen and oxygen atoms in total. The topological polar surface area (TPSA) is 56.7 Å². The fourth-order valence-corrected chi connectivity index (χ4v) is 5.10. The van der Waals surface area contributed by atoms with E-state index >= 15 is 0 Å². The van der Waals surface area contributed by atoms with Crippen molar-refractivity contribution in [2.75, 3.05) is 38.5 Å². The maximum absolute atomic E-state index is 12.1. The van der Waals surface area contributed by atoms with Gasteiger partial charge in [-0.1, -0.05) is 19.8 Å². The van der Waals surface area contributed by atoms with Gasteiger partial charge in [0.25, 0.3) is 0 Å². The Morgan fingerprint density at radius 1 is 1.16 bits per heavy atom. The van der Waals surface area contributed by atoms with Gasteiger partial charge in [-0.3, -0.25) is 9.20 Å². The van der Waals surface area contributed by atoms with Gasteiger partial charge in [-0.2, -0.15) is 0 Å². The van der Waals surface area contributed by atoms with E-state index in [0.29, 0.717) is 11.3 Å². The molecule has 0 radical (unpaired) electrons. The molecule has 3 unspecified atom stereocenters. The van der Waals surface area contributed by atoms with E-state index in [1.165, 1.54) is 38.8 Å². The maximum Gasteiger partial charge on any atom is 0.191 e. The van der Waals surface area contributed by atoms with Gasteiger partial charge in [-0.25, -0.2) is 0 Å². The molecule has 25 heavy (non-hydrogen) atoms. The molecule has 2 rings (SSSR count). The third-order valence-electron chi connectivity index (χ3n) is 5.10. The van der Waals surface area contributed by atoms with E-state index < -0.39 is 10.8 Å². The van der Waals surface area contributed by atoms with E-state index in [1.54, 1.807) is 0 Å². The lowest BCUT2D eigenvalue weighted by molar-refractivity contribution is 0.235. The summed E-state index contributed by atoms with van der Waals surface area (Å²) < 4.78 is 12.1. The SMILES string of the molecule is CCNC(=NCCN1CCCCC1)NC1CCCC(S(=O)CC)C1.I. The summed E-state index contributed by atoms with van der Waals surface area (Å²) in [4.78, 5) is 7.29. The molecule has 2 N–H and O–H groups in total. The fourth-order valence-electron chi connectivity index (χ4n) is 3.75. The number of rotatable bonds is 7. The summed E-state index contributed by atoms with van der Waals surface area (Å²) in [5.74, 6) is 1.71. The zero-order valence-corrected chi connectivity index (χ0v) is 19.1. The highest BCUT2D eigenvalue weighted by Crippen LogP contribution is 2.22. The first-order chi connectivity index (χ1) is 11.7. The van der Waals surface area contributed by atoms with E-state index in [0.717, 1.165) is 50.6 Å². The second-order valence-corrected chi connectivity index (χ2v) is 8.97. The maximum atomic E-state index is 12.1. The molecule has 0 aromatic heterocycles. The monoisotopic (exact) mass is 484 g/mol. The molecule has 3 atom stereocenters. The molecular formula is C18H37IN4OS. The van der Waals surface area contributed by atoms with Crippen LogP contribution in [0.4, 0.5) is 0 Å². The van der Waals surface area contributed by atoms with E-state index in [2.05, 4.69) is 22.5 Å². The minimum absolute atomic E-state index is 0. The van der Waals surface area contributed by atoms with Crippen LogP contribution in [0.1, 0.15) is 58.8 Å². The van der Waals surface area contributed by atoms with Gasteiger partial charge >= 0.3 is 0 Å². The molecule has 1 heterocycles. The predicted molar refractivity (Wildman–Crippen MR) is 120 cm³/mol. The minimum Gasteiger partial charge on any atom is -0.357 e. The minimum atomic E-state index is -0.668. The number of hydrogen-bond donors (Lipinski definition) is 2. The van der Waals surface area contributed by atoms with Gasteiger partial charge in [-0.05, 0) is 52.1 Å². The summed E-state index contributed by atoms with van der Waals surface area (Å²) >= 11 is 0. The Bertz CT molecular complexity index is 416. The smallest absolute Gasteiger partial charge is 0.191 e. The number of aliphatic imine (C=N–C) groups is 1. The lowest BCUT2D eigenvalue weighted by atomic mass is 9.95. The standard InChI is InChI=1S/C18H36N4OS.HI/c1-3-19-18(20-11-14-22-12-6-5-7-13-22)21-16-9-8-10-17(15-16)24(23)4-2;/h16-17H,3-15H2,1-2H3,(H2,19,20,21);1H. The van der Waals surface area contributed by atoms with Crippen LogP contribution in [0.5, 0.6) is 0 Å². The summed E-state index contributed by atoms with van der Waals surface area (Å²) in [6.45, 7) is 9.39. The van der Waals surface area contributed by atoms with Gasteiger partial charge < -0.3 is 15.5 Å². The van der Waals surface area contributed by atoms with Crippen molar-refractivity contribution >= 4 is 40.7 Å². The highest BCUT2D eigenvalue weighted by molar-refractivity contribution is 14.0. The van der Waals surface area contributed by atoms with Crippen LogP contribution in [-0.2, 0) is 10.8 Å². The normalized spacial score (nSPS) is 26.6. The molecule has 2 fully saturated rings. The molecular weight excluding hydrogens is 447 g/mol. The van der Waals surface area contributed by atoms with Crippen LogP contribution in [0.15, 0.2) is 4.99 Å². The number of hydrogen-bond acceptors (Lipinski definition) is 3. The number of likely N-dealkylation sites (tertiary alicyclic amines) is 1. The molecule has 1 saturated carbocycles. The van der Waals surface area contributed by atoms with Crippen LogP contribution < -0.4 is 10.6 Å². The van der Waals surface area contributed by atoms with Crippen LogP contribution >= 0.6 is 24.0 Å². The summed E-state index contributed by atoms with van der Waals surface area (Å²) in [6.07, 6.45) is 8.50. The van der Waals surface area contributed by atoms with Crippen LogP contribution in [-0.4, -0.2) is 64.8 Å². The van der Waals surface area contributed by atoms with Gasteiger partial charge in [0.15, 0.2) is 5.96 Å². The first kappa shape index (κ1) is 23.1. The molecule has 1 aliphatic heterocycles. The third-order valence-corrected chi connectivity index (χ3v) is 6.84. The van der Waals surface area contributed by atoms with Crippen molar-refractivity contribution in [1.82, 2.24) is 15.5 Å². The first-order valence-electron chi connectivity index (χ1n) is 9.87. The Morgan fingerprint density at radius 3 is 2.60 bits per heavy atom. The van der Waals surface area contributed by atoms with Crippen LogP contribution in [0.2, 0.25) is 0 Å². The quantitative estimate of drug-likeness (QED) is 0.332. The molecule has 0 spiro atoms. The van der Waals surface area contributed by atoms with E-state index in [9.17, 15) is 4.21 Å². The summed E-state index contributed by atoms with van der Waals surface area (Å²) in [5, 5.41) is 7.32. The largest absolute Gasteiger partial charge is 0.357 e. The van der Waals surface area contributed by atoms with Crippen LogP contribution in [0, 0.1) is 0 Å². The highest BCUT2D eigenvalue weighted by atomic mass is 127. The molecule has 2 aliphatic rings. The van der Waals surface area contributed by atoms with Crippen LogP contribution in [0.25, 0.3) is 0 Å². The highest BCUT2D eigenvalue weighted by Gasteiger charge is 2.26. The van der Waals surface area contributed by atoms with Crippen LogP contribution in [0.3, 0.4) is 0 Å².